The lowest BCUT2D eigenvalue weighted by Gasteiger charge is -2.12. The van der Waals surface area contributed by atoms with Crippen LogP contribution in [0.4, 0.5) is 0 Å². The molecule has 0 aliphatic carbocycles. The second-order valence-electron chi connectivity index (χ2n) is 13.6. The van der Waals surface area contributed by atoms with Crippen molar-refractivity contribution in [3.05, 3.63) is 158 Å². The summed E-state index contributed by atoms with van der Waals surface area (Å²) in [4.78, 5) is 10.5. The van der Waals surface area contributed by atoms with Crippen LogP contribution >= 0.6 is 11.3 Å². The standard InChI is InChI=1S/C48H26N2O2S/c1-2-12-27(13-3-1)44-32-17-6-9-19-38(32)49-48(50-44)34-23-22-31(45-42(34)37-24-28-14-4-5-15-29(28)25-40(37)52-45)36-26-35-30-16-7-10-20-39(30)51-46(35)43-33-18-8-11-21-41(33)53-47(36)43/h1-26H. The third-order valence-electron chi connectivity index (χ3n) is 10.7. The summed E-state index contributed by atoms with van der Waals surface area (Å²) in [5.41, 5.74) is 9.39. The predicted molar refractivity (Wildman–Crippen MR) is 221 cm³/mol. The first kappa shape index (κ1) is 28.8. The first-order chi connectivity index (χ1) is 26.3. The van der Waals surface area contributed by atoms with Gasteiger partial charge in [-0.15, -0.1) is 11.3 Å². The van der Waals surface area contributed by atoms with E-state index < -0.39 is 0 Å². The second-order valence-corrected chi connectivity index (χ2v) is 14.7. The quantitative estimate of drug-likeness (QED) is 0.185. The fourth-order valence-electron chi connectivity index (χ4n) is 8.24. The minimum Gasteiger partial charge on any atom is -0.455 e. The Morgan fingerprint density at radius 1 is 0.434 bits per heavy atom. The SMILES string of the molecule is c1ccc(-c2nc(-c3ccc(-c4cc5c6ccccc6oc5c5c4sc4ccccc45)c4oc5cc6ccccc6cc5c34)nc3ccccc23)cc1. The number of rotatable bonds is 3. The van der Waals surface area contributed by atoms with E-state index in [1.54, 1.807) is 11.3 Å². The molecular weight excluding hydrogens is 669 g/mol. The number of thiophene rings is 1. The van der Waals surface area contributed by atoms with Crippen LogP contribution in [-0.4, -0.2) is 9.97 Å². The molecule has 0 fully saturated rings. The van der Waals surface area contributed by atoms with Crippen LogP contribution in [0.1, 0.15) is 0 Å². The summed E-state index contributed by atoms with van der Waals surface area (Å²) < 4.78 is 16.1. The van der Waals surface area contributed by atoms with Gasteiger partial charge in [-0.3, -0.25) is 0 Å². The van der Waals surface area contributed by atoms with Crippen LogP contribution in [0.2, 0.25) is 0 Å². The molecule has 0 unspecified atom stereocenters. The zero-order valence-corrected chi connectivity index (χ0v) is 28.9. The topological polar surface area (TPSA) is 52.1 Å². The molecule has 53 heavy (non-hydrogen) atoms. The molecule has 4 nitrogen and oxygen atoms in total. The van der Waals surface area contributed by atoms with Gasteiger partial charge in [-0.1, -0.05) is 109 Å². The van der Waals surface area contributed by atoms with Gasteiger partial charge >= 0.3 is 0 Å². The van der Waals surface area contributed by atoms with Crippen molar-refractivity contribution in [3.8, 4) is 33.8 Å². The van der Waals surface area contributed by atoms with Crippen molar-refractivity contribution in [2.45, 2.75) is 0 Å². The van der Waals surface area contributed by atoms with E-state index in [-0.39, 0.29) is 0 Å². The molecule has 0 radical (unpaired) electrons. The molecule has 4 heterocycles. The Hall–Kier alpha value is -6.82. The molecule has 0 saturated carbocycles. The summed E-state index contributed by atoms with van der Waals surface area (Å²) in [5.74, 6) is 0.665. The molecule has 246 valence electrons. The van der Waals surface area contributed by atoms with Crippen LogP contribution in [0.15, 0.2) is 167 Å². The number of aromatic nitrogens is 2. The van der Waals surface area contributed by atoms with Gasteiger partial charge in [0.25, 0.3) is 0 Å². The molecule has 0 bridgehead atoms. The van der Waals surface area contributed by atoms with E-state index in [0.29, 0.717) is 5.82 Å². The Morgan fingerprint density at radius 2 is 1.13 bits per heavy atom. The van der Waals surface area contributed by atoms with Crippen molar-refractivity contribution in [2.24, 2.45) is 0 Å². The lowest BCUT2D eigenvalue weighted by molar-refractivity contribution is 0.670. The molecule has 0 atom stereocenters. The van der Waals surface area contributed by atoms with Gasteiger partial charge < -0.3 is 8.83 Å². The van der Waals surface area contributed by atoms with Crippen molar-refractivity contribution in [2.75, 3.05) is 0 Å². The molecule has 12 aromatic rings. The van der Waals surface area contributed by atoms with E-state index in [4.69, 9.17) is 18.8 Å². The summed E-state index contributed by atoms with van der Waals surface area (Å²) in [6, 6.07) is 55.2. The van der Waals surface area contributed by atoms with Crippen LogP contribution in [0.3, 0.4) is 0 Å². The van der Waals surface area contributed by atoms with Crippen molar-refractivity contribution >= 4 is 97.1 Å². The van der Waals surface area contributed by atoms with Crippen molar-refractivity contribution in [3.63, 3.8) is 0 Å². The normalized spacial score (nSPS) is 12.2. The van der Waals surface area contributed by atoms with Crippen LogP contribution in [0.25, 0.3) is 119 Å². The van der Waals surface area contributed by atoms with Gasteiger partial charge in [-0.2, -0.15) is 0 Å². The van der Waals surface area contributed by atoms with Crippen LogP contribution < -0.4 is 0 Å². The average molecular weight is 695 g/mol. The zero-order chi connectivity index (χ0) is 34.6. The van der Waals surface area contributed by atoms with Gasteiger partial charge in [0.1, 0.15) is 22.3 Å². The molecule has 0 saturated heterocycles. The Kier molecular flexibility index (Phi) is 5.90. The van der Waals surface area contributed by atoms with Gasteiger partial charge in [0.2, 0.25) is 0 Å². The van der Waals surface area contributed by atoms with Gasteiger partial charge in [0, 0.05) is 69.4 Å². The number of benzene rings is 8. The van der Waals surface area contributed by atoms with Gasteiger partial charge in [0.05, 0.1) is 11.2 Å². The number of nitrogens with zero attached hydrogens (tertiary/aromatic N) is 2. The van der Waals surface area contributed by atoms with Crippen LogP contribution in [0.5, 0.6) is 0 Å². The zero-order valence-electron chi connectivity index (χ0n) is 28.1. The summed E-state index contributed by atoms with van der Waals surface area (Å²) in [5, 5.41) is 9.87. The fourth-order valence-corrected chi connectivity index (χ4v) is 9.47. The first-order valence-electron chi connectivity index (χ1n) is 17.7. The first-order valence-corrected chi connectivity index (χ1v) is 18.5. The lowest BCUT2D eigenvalue weighted by atomic mass is 9.94. The maximum Gasteiger partial charge on any atom is 0.161 e. The smallest absolute Gasteiger partial charge is 0.161 e. The molecule has 0 N–H and O–H groups in total. The maximum absolute atomic E-state index is 7.04. The molecule has 4 aromatic heterocycles. The second kappa shape index (κ2) is 10.8. The third kappa shape index (κ3) is 4.17. The Morgan fingerprint density at radius 3 is 2.02 bits per heavy atom. The highest BCUT2D eigenvalue weighted by Crippen LogP contribution is 2.50. The van der Waals surface area contributed by atoms with Crippen molar-refractivity contribution in [1.82, 2.24) is 9.97 Å². The minimum absolute atomic E-state index is 0.665. The highest BCUT2D eigenvalue weighted by atomic mass is 32.1. The summed E-state index contributed by atoms with van der Waals surface area (Å²) in [6.07, 6.45) is 0. The van der Waals surface area contributed by atoms with Gasteiger partial charge in [-0.05, 0) is 59.3 Å². The molecule has 0 aliphatic heterocycles. The van der Waals surface area contributed by atoms with E-state index in [2.05, 4.69) is 133 Å². The number of para-hydroxylation sites is 2. The van der Waals surface area contributed by atoms with E-state index in [0.717, 1.165) is 98.9 Å². The molecular formula is C48H26N2O2S. The molecule has 12 rings (SSSR count). The number of furan rings is 2. The lowest BCUT2D eigenvalue weighted by Crippen LogP contribution is -1.96. The molecule has 0 aliphatic rings. The largest absolute Gasteiger partial charge is 0.455 e. The highest BCUT2D eigenvalue weighted by molar-refractivity contribution is 7.26. The molecule has 0 amide bonds. The fraction of sp³-hybridized carbons (Fsp3) is 0. The number of hydrogen-bond donors (Lipinski definition) is 0. The van der Waals surface area contributed by atoms with E-state index in [1.807, 2.05) is 24.3 Å². The van der Waals surface area contributed by atoms with E-state index in [1.165, 1.54) is 14.8 Å². The third-order valence-corrected chi connectivity index (χ3v) is 11.9. The summed E-state index contributed by atoms with van der Waals surface area (Å²) in [6.45, 7) is 0. The van der Waals surface area contributed by atoms with Gasteiger partial charge in [-0.25, -0.2) is 9.97 Å². The van der Waals surface area contributed by atoms with Crippen molar-refractivity contribution < 1.29 is 8.83 Å². The monoisotopic (exact) mass is 694 g/mol. The predicted octanol–water partition coefficient (Wildman–Crippen LogP) is 14.0. The molecule has 8 aromatic carbocycles. The van der Waals surface area contributed by atoms with Crippen LogP contribution in [0, 0.1) is 0 Å². The average Bonchev–Trinajstić information content (AvgIpc) is 3.91. The van der Waals surface area contributed by atoms with E-state index in [9.17, 15) is 0 Å². The summed E-state index contributed by atoms with van der Waals surface area (Å²) in [7, 11) is 0. The number of fused-ring (bicyclic) bond motifs is 12. The molecule has 5 heteroatoms. The van der Waals surface area contributed by atoms with Crippen LogP contribution in [-0.2, 0) is 0 Å². The summed E-state index contributed by atoms with van der Waals surface area (Å²) >= 11 is 1.80. The Labute approximate surface area is 306 Å². The van der Waals surface area contributed by atoms with Crippen molar-refractivity contribution in [1.29, 1.82) is 0 Å². The van der Waals surface area contributed by atoms with Gasteiger partial charge in [0.15, 0.2) is 5.82 Å². The highest BCUT2D eigenvalue weighted by Gasteiger charge is 2.25. The Balaban J connectivity index is 1.23. The Bertz CT molecular complexity index is 3460. The van der Waals surface area contributed by atoms with E-state index >= 15 is 0 Å². The minimum atomic E-state index is 0.665. The number of hydrogen-bond acceptors (Lipinski definition) is 5. The molecule has 0 spiro atoms. The maximum atomic E-state index is 7.04.